The topological polar surface area (TPSA) is 63.3 Å². The molecular formula is C26H25NO3. The number of benzene rings is 2. The van der Waals surface area contributed by atoms with Crippen LogP contribution in [0.5, 0.6) is 0 Å². The number of carboxylic acid groups (broad SMARTS) is 1. The van der Waals surface area contributed by atoms with Gasteiger partial charge in [0.2, 0.25) is 0 Å². The number of aromatic nitrogens is 1. The van der Waals surface area contributed by atoms with Gasteiger partial charge in [-0.2, -0.15) is 0 Å². The van der Waals surface area contributed by atoms with E-state index in [0.717, 1.165) is 29.7 Å². The molecule has 0 saturated carbocycles. The second-order valence-corrected chi connectivity index (χ2v) is 7.66. The Labute approximate surface area is 176 Å². The molecule has 152 valence electrons. The van der Waals surface area contributed by atoms with Crippen LogP contribution in [0.3, 0.4) is 0 Å². The van der Waals surface area contributed by atoms with Crippen molar-refractivity contribution in [3.05, 3.63) is 77.4 Å². The van der Waals surface area contributed by atoms with Crippen molar-refractivity contribution in [3.8, 4) is 22.8 Å². The Kier molecular flexibility index (Phi) is 5.40. The van der Waals surface area contributed by atoms with Gasteiger partial charge in [0.1, 0.15) is 11.5 Å². The van der Waals surface area contributed by atoms with E-state index in [-0.39, 0.29) is 5.56 Å². The van der Waals surface area contributed by atoms with Gasteiger partial charge in [0, 0.05) is 10.9 Å². The largest absolute Gasteiger partial charge is 0.478 e. The number of aromatic carboxylic acids is 1. The molecule has 2 heterocycles. The fraction of sp³-hybridized carbons (Fsp3) is 0.231. The minimum absolute atomic E-state index is 0.237. The second-order valence-electron chi connectivity index (χ2n) is 7.66. The molecule has 2 aromatic heterocycles. The van der Waals surface area contributed by atoms with Crippen molar-refractivity contribution in [2.24, 2.45) is 0 Å². The summed E-state index contributed by atoms with van der Waals surface area (Å²) in [5, 5.41) is 10.4. The summed E-state index contributed by atoms with van der Waals surface area (Å²) in [7, 11) is 0. The fourth-order valence-corrected chi connectivity index (χ4v) is 3.64. The van der Waals surface area contributed by atoms with Gasteiger partial charge in [-0.05, 0) is 60.2 Å². The van der Waals surface area contributed by atoms with Crippen molar-refractivity contribution >= 4 is 16.9 Å². The van der Waals surface area contributed by atoms with Gasteiger partial charge in [-0.1, -0.05) is 51.1 Å². The van der Waals surface area contributed by atoms with Crippen molar-refractivity contribution in [1.82, 2.24) is 4.98 Å². The normalized spacial score (nSPS) is 12.2. The third-order valence-corrected chi connectivity index (χ3v) is 5.75. The number of hydrogen-bond acceptors (Lipinski definition) is 3. The molecule has 0 aliphatic carbocycles. The third-order valence-electron chi connectivity index (χ3n) is 5.75. The Bertz CT molecular complexity index is 1200. The fourth-order valence-electron chi connectivity index (χ4n) is 3.64. The summed E-state index contributed by atoms with van der Waals surface area (Å²) in [6.45, 7) is 6.44. The molecule has 0 amide bonds. The molecule has 0 bridgehead atoms. The number of hydrogen-bond donors (Lipinski definition) is 1. The van der Waals surface area contributed by atoms with E-state index < -0.39 is 5.97 Å². The molecular weight excluding hydrogens is 374 g/mol. The predicted molar refractivity (Wildman–Crippen MR) is 120 cm³/mol. The molecule has 0 fully saturated rings. The Balaban J connectivity index is 1.73. The molecule has 4 nitrogen and oxygen atoms in total. The van der Waals surface area contributed by atoms with E-state index in [4.69, 9.17) is 4.42 Å². The van der Waals surface area contributed by atoms with Gasteiger partial charge in [0.25, 0.3) is 0 Å². The first-order valence-corrected chi connectivity index (χ1v) is 10.4. The smallest absolute Gasteiger partial charge is 0.336 e. The van der Waals surface area contributed by atoms with Crippen LogP contribution < -0.4 is 0 Å². The summed E-state index contributed by atoms with van der Waals surface area (Å²) in [6.07, 6.45) is 1.94. The predicted octanol–water partition coefficient (Wildman–Crippen LogP) is 6.94. The highest BCUT2D eigenvalue weighted by Crippen LogP contribution is 2.31. The molecule has 0 spiro atoms. The maximum atomic E-state index is 11.9. The van der Waals surface area contributed by atoms with Crippen molar-refractivity contribution in [2.75, 3.05) is 0 Å². The summed E-state index contributed by atoms with van der Waals surface area (Å²) < 4.78 is 6.06. The van der Waals surface area contributed by atoms with E-state index in [1.54, 1.807) is 6.07 Å². The maximum absolute atomic E-state index is 11.9. The number of carboxylic acids is 1. The van der Waals surface area contributed by atoms with Crippen LogP contribution in [-0.2, 0) is 6.42 Å². The quantitative estimate of drug-likeness (QED) is 0.381. The van der Waals surface area contributed by atoms with Crippen LogP contribution in [0.2, 0.25) is 0 Å². The molecule has 4 rings (SSSR count). The lowest BCUT2D eigenvalue weighted by Crippen LogP contribution is -2.00. The average molecular weight is 399 g/mol. The highest BCUT2D eigenvalue weighted by Gasteiger charge is 2.16. The third kappa shape index (κ3) is 3.73. The number of furan rings is 1. The van der Waals surface area contributed by atoms with Gasteiger partial charge in [-0.25, -0.2) is 9.78 Å². The summed E-state index contributed by atoms with van der Waals surface area (Å²) in [5.41, 5.74) is 4.79. The SMILES string of the molecule is CCc1ccc2nc(-c3ccc(-c4ccc([C@H](C)CC)cc4)o3)cc(C(=O)O)c2c1. The first-order chi connectivity index (χ1) is 14.5. The zero-order chi connectivity index (χ0) is 21.3. The van der Waals surface area contributed by atoms with Gasteiger partial charge < -0.3 is 9.52 Å². The number of fused-ring (bicyclic) bond motifs is 1. The van der Waals surface area contributed by atoms with Crippen molar-refractivity contribution in [2.45, 2.75) is 39.5 Å². The van der Waals surface area contributed by atoms with Crippen LogP contribution in [0.25, 0.3) is 33.7 Å². The van der Waals surface area contributed by atoms with Gasteiger partial charge in [-0.15, -0.1) is 0 Å². The molecule has 0 aliphatic rings. The van der Waals surface area contributed by atoms with E-state index in [2.05, 4.69) is 43.1 Å². The maximum Gasteiger partial charge on any atom is 0.336 e. The first-order valence-electron chi connectivity index (χ1n) is 10.4. The number of carbonyl (C=O) groups is 1. The zero-order valence-corrected chi connectivity index (χ0v) is 17.5. The zero-order valence-electron chi connectivity index (χ0n) is 17.5. The molecule has 30 heavy (non-hydrogen) atoms. The number of nitrogens with zero attached hydrogens (tertiary/aromatic N) is 1. The van der Waals surface area contributed by atoms with Gasteiger partial charge in [0.05, 0.1) is 11.1 Å². The Morgan fingerprint density at radius 1 is 1.00 bits per heavy atom. The molecule has 0 unspecified atom stereocenters. The Hall–Kier alpha value is -3.40. The van der Waals surface area contributed by atoms with E-state index in [9.17, 15) is 9.90 Å². The molecule has 2 aromatic carbocycles. The van der Waals surface area contributed by atoms with Crippen LogP contribution in [0.1, 0.15) is 54.6 Å². The number of rotatable bonds is 6. The lowest BCUT2D eigenvalue weighted by Gasteiger charge is -2.09. The Morgan fingerprint density at radius 2 is 1.73 bits per heavy atom. The van der Waals surface area contributed by atoms with E-state index in [0.29, 0.717) is 28.3 Å². The molecule has 0 saturated heterocycles. The Morgan fingerprint density at radius 3 is 2.40 bits per heavy atom. The average Bonchev–Trinajstić information content (AvgIpc) is 3.27. The molecule has 1 N–H and O–H groups in total. The molecule has 1 atom stereocenters. The van der Waals surface area contributed by atoms with Gasteiger partial charge >= 0.3 is 5.97 Å². The summed E-state index contributed by atoms with van der Waals surface area (Å²) in [6, 6.07) is 19.5. The van der Waals surface area contributed by atoms with Crippen LogP contribution in [-0.4, -0.2) is 16.1 Å². The highest BCUT2D eigenvalue weighted by molar-refractivity contribution is 6.03. The lowest BCUT2D eigenvalue weighted by molar-refractivity contribution is 0.0699. The minimum Gasteiger partial charge on any atom is -0.478 e. The van der Waals surface area contributed by atoms with E-state index in [1.165, 1.54) is 5.56 Å². The monoisotopic (exact) mass is 399 g/mol. The standard InChI is InChI=1S/C26H25NO3/c1-4-16(3)18-7-9-19(10-8-18)24-12-13-25(30-24)23-15-21(26(28)29)20-14-17(5-2)6-11-22(20)27-23/h6-16H,4-5H2,1-3H3,(H,28,29)/t16-/m1/s1. The molecule has 0 radical (unpaired) electrons. The molecule has 4 heteroatoms. The van der Waals surface area contributed by atoms with Gasteiger partial charge in [0.15, 0.2) is 5.76 Å². The molecule has 4 aromatic rings. The van der Waals surface area contributed by atoms with Crippen molar-refractivity contribution < 1.29 is 14.3 Å². The van der Waals surface area contributed by atoms with Crippen LogP contribution in [0, 0.1) is 0 Å². The van der Waals surface area contributed by atoms with E-state index >= 15 is 0 Å². The van der Waals surface area contributed by atoms with Crippen LogP contribution >= 0.6 is 0 Å². The summed E-state index contributed by atoms with van der Waals surface area (Å²) in [5.74, 6) is 0.848. The number of aryl methyl sites for hydroxylation is 1. The molecule has 0 aliphatic heterocycles. The lowest BCUT2D eigenvalue weighted by atomic mass is 9.97. The first kappa shape index (κ1) is 19.9. The number of pyridine rings is 1. The second kappa shape index (κ2) is 8.15. The van der Waals surface area contributed by atoms with Crippen molar-refractivity contribution in [1.29, 1.82) is 0 Å². The van der Waals surface area contributed by atoms with E-state index in [1.807, 2.05) is 37.3 Å². The van der Waals surface area contributed by atoms with Gasteiger partial charge in [-0.3, -0.25) is 0 Å². The highest BCUT2D eigenvalue weighted by atomic mass is 16.4. The van der Waals surface area contributed by atoms with Crippen LogP contribution in [0.4, 0.5) is 0 Å². The van der Waals surface area contributed by atoms with Crippen LogP contribution in [0.15, 0.2) is 65.1 Å². The summed E-state index contributed by atoms with van der Waals surface area (Å²) >= 11 is 0. The summed E-state index contributed by atoms with van der Waals surface area (Å²) in [4.78, 5) is 16.5. The van der Waals surface area contributed by atoms with Crippen molar-refractivity contribution in [3.63, 3.8) is 0 Å². The minimum atomic E-state index is -0.968.